The second kappa shape index (κ2) is 8.77. The molecular formula is C13H19NOS3. The van der Waals surface area contributed by atoms with Crippen LogP contribution in [-0.2, 0) is 0 Å². The van der Waals surface area contributed by atoms with Crippen LogP contribution >= 0.6 is 36.2 Å². The molecule has 1 amide bonds. The highest BCUT2D eigenvalue weighted by atomic mass is 32.2. The Labute approximate surface area is 123 Å². The zero-order chi connectivity index (χ0) is 13.4. The first-order chi connectivity index (χ1) is 8.61. The van der Waals surface area contributed by atoms with Gasteiger partial charge in [-0.15, -0.1) is 23.5 Å². The van der Waals surface area contributed by atoms with E-state index >= 15 is 0 Å². The maximum absolute atomic E-state index is 10.6. The number of carbonyl (C=O) groups is 1. The van der Waals surface area contributed by atoms with Crippen LogP contribution in [0, 0.1) is 0 Å². The van der Waals surface area contributed by atoms with Crippen LogP contribution in [0.1, 0.15) is 20.3 Å². The summed E-state index contributed by atoms with van der Waals surface area (Å²) in [5, 5.41) is 3.05. The highest BCUT2D eigenvalue weighted by Gasteiger charge is 2.02. The lowest BCUT2D eigenvalue weighted by Gasteiger charge is -2.08. The first-order valence-electron chi connectivity index (χ1n) is 5.98. The van der Waals surface area contributed by atoms with Gasteiger partial charge in [0.15, 0.2) is 0 Å². The number of hydrogen-bond acceptors (Lipinski definition) is 3. The number of amides is 1. The predicted molar refractivity (Wildman–Crippen MR) is 85.2 cm³/mol. The monoisotopic (exact) mass is 301 g/mol. The number of hydrogen-bond donors (Lipinski definition) is 2. The first kappa shape index (κ1) is 15.8. The highest BCUT2D eigenvalue weighted by Crippen LogP contribution is 2.27. The Kier molecular flexibility index (Phi) is 7.70. The number of carbonyl (C=O) groups excluding carboxylic acids is 1. The van der Waals surface area contributed by atoms with E-state index < -0.39 is 0 Å². The second-order valence-corrected chi connectivity index (χ2v) is 6.97. The van der Waals surface area contributed by atoms with Crippen molar-refractivity contribution in [3.8, 4) is 0 Å². The maximum atomic E-state index is 10.6. The zero-order valence-corrected chi connectivity index (χ0v) is 13.2. The molecule has 0 aliphatic carbocycles. The molecule has 0 heterocycles. The topological polar surface area (TPSA) is 29.1 Å². The molecule has 0 aliphatic rings. The van der Waals surface area contributed by atoms with Gasteiger partial charge in [0.25, 0.3) is 5.24 Å². The van der Waals surface area contributed by atoms with E-state index in [1.807, 2.05) is 11.8 Å². The average Bonchev–Trinajstić information content (AvgIpc) is 2.36. The molecule has 0 fully saturated rings. The van der Waals surface area contributed by atoms with E-state index in [-0.39, 0.29) is 5.24 Å². The SMILES string of the molecule is CCC(C)Sc1ccc(SCCNC(=O)S)cc1. The molecule has 0 radical (unpaired) electrons. The normalized spacial score (nSPS) is 12.2. The third-order valence-corrected chi connectivity index (χ3v) is 4.83. The fourth-order valence-corrected chi connectivity index (χ4v) is 3.06. The lowest BCUT2D eigenvalue weighted by atomic mass is 10.4. The van der Waals surface area contributed by atoms with Gasteiger partial charge in [0, 0.05) is 27.3 Å². The van der Waals surface area contributed by atoms with Crippen LogP contribution in [0.15, 0.2) is 34.1 Å². The number of benzene rings is 1. The molecule has 2 nitrogen and oxygen atoms in total. The Bertz CT molecular complexity index is 367. The zero-order valence-electron chi connectivity index (χ0n) is 10.7. The molecule has 5 heteroatoms. The largest absolute Gasteiger partial charge is 0.346 e. The van der Waals surface area contributed by atoms with Gasteiger partial charge in [-0.25, -0.2) is 0 Å². The minimum Gasteiger partial charge on any atom is -0.346 e. The van der Waals surface area contributed by atoms with Crippen molar-refractivity contribution in [2.24, 2.45) is 0 Å². The molecule has 0 aliphatic heterocycles. The Morgan fingerprint density at radius 2 is 1.94 bits per heavy atom. The second-order valence-electron chi connectivity index (χ2n) is 3.89. The van der Waals surface area contributed by atoms with Crippen molar-refractivity contribution >= 4 is 41.4 Å². The van der Waals surface area contributed by atoms with Crippen LogP contribution in [0.5, 0.6) is 0 Å². The summed E-state index contributed by atoms with van der Waals surface area (Å²) in [6.45, 7) is 5.10. The fraction of sp³-hybridized carbons (Fsp3) is 0.462. The van der Waals surface area contributed by atoms with Gasteiger partial charge in [-0.05, 0) is 30.7 Å². The fourth-order valence-electron chi connectivity index (χ4n) is 1.26. The van der Waals surface area contributed by atoms with Crippen molar-refractivity contribution in [2.45, 2.75) is 35.3 Å². The summed E-state index contributed by atoms with van der Waals surface area (Å²) in [6, 6.07) is 8.60. The number of rotatable bonds is 7. The Hall–Kier alpha value is -0.260. The van der Waals surface area contributed by atoms with Gasteiger partial charge in [0.1, 0.15) is 0 Å². The van der Waals surface area contributed by atoms with Crippen molar-refractivity contribution in [2.75, 3.05) is 12.3 Å². The van der Waals surface area contributed by atoms with Gasteiger partial charge in [0.05, 0.1) is 0 Å². The van der Waals surface area contributed by atoms with Gasteiger partial charge < -0.3 is 5.32 Å². The van der Waals surface area contributed by atoms with Crippen LogP contribution < -0.4 is 5.32 Å². The Balaban J connectivity index is 2.33. The molecule has 0 bridgehead atoms. The van der Waals surface area contributed by atoms with Crippen LogP contribution in [-0.4, -0.2) is 22.8 Å². The summed E-state index contributed by atoms with van der Waals surface area (Å²) in [7, 11) is 0. The quantitative estimate of drug-likeness (QED) is 0.447. The molecule has 1 unspecified atom stereocenters. The van der Waals surface area contributed by atoms with Crippen molar-refractivity contribution in [3.63, 3.8) is 0 Å². The van der Waals surface area contributed by atoms with Crippen molar-refractivity contribution in [3.05, 3.63) is 24.3 Å². The highest BCUT2D eigenvalue weighted by molar-refractivity contribution is 8.00. The third kappa shape index (κ3) is 6.61. The number of thiol groups is 1. The summed E-state index contributed by atoms with van der Waals surface area (Å²) < 4.78 is 0. The van der Waals surface area contributed by atoms with E-state index in [0.29, 0.717) is 11.8 Å². The Morgan fingerprint density at radius 3 is 2.50 bits per heavy atom. The summed E-state index contributed by atoms with van der Waals surface area (Å²) in [5.41, 5.74) is 0. The van der Waals surface area contributed by atoms with E-state index in [1.54, 1.807) is 11.8 Å². The van der Waals surface area contributed by atoms with E-state index in [4.69, 9.17) is 0 Å². The molecule has 0 saturated carbocycles. The summed E-state index contributed by atoms with van der Waals surface area (Å²) in [4.78, 5) is 13.1. The van der Waals surface area contributed by atoms with Crippen LogP contribution in [0.3, 0.4) is 0 Å². The van der Waals surface area contributed by atoms with Crippen LogP contribution in [0.4, 0.5) is 4.79 Å². The first-order valence-corrected chi connectivity index (χ1v) is 8.29. The van der Waals surface area contributed by atoms with Gasteiger partial charge in [-0.1, -0.05) is 26.5 Å². The van der Waals surface area contributed by atoms with E-state index in [1.165, 1.54) is 16.2 Å². The molecule has 1 atom stereocenters. The summed E-state index contributed by atoms with van der Waals surface area (Å²) in [6.07, 6.45) is 1.19. The molecule has 0 saturated heterocycles. The average molecular weight is 302 g/mol. The third-order valence-electron chi connectivity index (χ3n) is 2.38. The smallest absolute Gasteiger partial charge is 0.276 e. The van der Waals surface area contributed by atoms with E-state index in [9.17, 15) is 4.79 Å². The number of nitrogens with one attached hydrogen (secondary N) is 1. The maximum Gasteiger partial charge on any atom is 0.276 e. The summed E-state index contributed by atoms with van der Waals surface area (Å²) in [5.74, 6) is 0.865. The molecule has 0 spiro atoms. The molecule has 1 aromatic carbocycles. The predicted octanol–water partition coefficient (Wildman–Crippen LogP) is 4.31. The Morgan fingerprint density at radius 1 is 1.33 bits per heavy atom. The standard InChI is InChI=1S/C13H19NOS3/c1-3-10(2)18-12-6-4-11(5-7-12)17-9-8-14-13(15)16/h4-7,10H,3,8-9H2,1-2H3,(H2,14,15,16). The lowest BCUT2D eigenvalue weighted by Crippen LogP contribution is -2.19. The minimum absolute atomic E-state index is 0.268. The molecule has 0 aromatic heterocycles. The van der Waals surface area contributed by atoms with Gasteiger partial charge >= 0.3 is 0 Å². The van der Waals surface area contributed by atoms with E-state index in [2.05, 4.69) is 56.1 Å². The molecule has 1 N–H and O–H groups in total. The summed E-state index contributed by atoms with van der Waals surface area (Å²) >= 11 is 7.30. The van der Waals surface area contributed by atoms with Crippen LogP contribution in [0.2, 0.25) is 0 Å². The van der Waals surface area contributed by atoms with Gasteiger partial charge in [0.2, 0.25) is 0 Å². The molecule has 100 valence electrons. The van der Waals surface area contributed by atoms with Crippen molar-refractivity contribution in [1.82, 2.24) is 5.32 Å². The molecular weight excluding hydrogens is 282 g/mol. The molecule has 1 rings (SSSR count). The minimum atomic E-state index is -0.268. The van der Waals surface area contributed by atoms with Crippen molar-refractivity contribution in [1.29, 1.82) is 0 Å². The van der Waals surface area contributed by atoms with Crippen LogP contribution in [0.25, 0.3) is 0 Å². The molecule has 18 heavy (non-hydrogen) atoms. The van der Waals surface area contributed by atoms with E-state index in [0.717, 1.165) is 5.75 Å². The van der Waals surface area contributed by atoms with Gasteiger partial charge in [-0.3, -0.25) is 4.79 Å². The molecule has 1 aromatic rings. The lowest BCUT2D eigenvalue weighted by molar-refractivity contribution is 0.261. The number of thioether (sulfide) groups is 2. The van der Waals surface area contributed by atoms with Crippen molar-refractivity contribution < 1.29 is 4.79 Å². The van der Waals surface area contributed by atoms with Gasteiger partial charge in [-0.2, -0.15) is 0 Å².